The van der Waals surface area contributed by atoms with Gasteiger partial charge in [-0.1, -0.05) is 35.5 Å². The molecule has 0 atom stereocenters. The van der Waals surface area contributed by atoms with Gasteiger partial charge < -0.3 is 5.11 Å². The Hall–Kier alpha value is -1.04. The predicted molar refractivity (Wildman–Crippen MR) is 78.9 cm³/mol. The summed E-state index contributed by atoms with van der Waals surface area (Å²) in [6.07, 6.45) is 1.63. The Morgan fingerprint density at radius 2 is 2.05 bits per heavy atom. The lowest BCUT2D eigenvalue weighted by Gasteiger charge is -2.04. The molecule has 0 spiro atoms. The van der Waals surface area contributed by atoms with E-state index in [1.54, 1.807) is 24.4 Å². The molecule has 0 fully saturated rings. The van der Waals surface area contributed by atoms with Gasteiger partial charge in [0.05, 0.1) is 15.9 Å². The number of carbonyl (C=O) groups is 1. The van der Waals surface area contributed by atoms with Crippen molar-refractivity contribution in [3.8, 4) is 0 Å². The molecular formula is C13H9BrClNO2S. The number of carboxylic acid groups (broad SMARTS) is 1. The van der Waals surface area contributed by atoms with Gasteiger partial charge in [-0.25, -0.2) is 4.98 Å². The van der Waals surface area contributed by atoms with Crippen molar-refractivity contribution >= 4 is 45.3 Å². The fourth-order valence-corrected chi connectivity index (χ4v) is 3.08. The first-order chi connectivity index (χ1) is 9.04. The second-order valence-corrected chi connectivity index (χ2v) is 6.11. The Morgan fingerprint density at radius 3 is 2.63 bits per heavy atom. The van der Waals surface area contributed by atoms with Gasteiger partial charge in [0.25, 0.3) is 0 Å². The number of nitrogens with zero attached hydrogens (tertiary/aromatic N) is 1. The normalized spacial score (nSPS) is 10.4. The van der Waals surface area contributed by atoms with E-state index < -0.39 is 5.97 Å². The van der Waals surface area contributed by atoms with Crippen LogP contribution in [0.15, 0.2) is 50.9 Å². The van der Waals surface area contributed by atoms with E-state index in [0.717, 1.165) is 20.0 Å². The van der Waals surface area contributed by atoms with Gasteiger partial charge in [0.15, 0.2) is 0 Å². The molecule has 19 heavy (non-hydrogen) atoms. The molecule has 0 aliphatic carbocycles. The summed E-state index contributed by atoms with van der Waals surface area (Å²) in [6.45, 7) is 0. The van der Waals surface area contributed by atoms with Crippen LogP contribution in [0.25, 0.3) is 0 Å². The molecule has 6 heteroatoms. The van der Waals surface area contributed by atoms with Crippen LogP contribution in [-0.4, -0.2) is 16.1 Å². The molecule has 2 aromatic rings. The summed E-state index contributed by atoms with van der Waals surface area (Å²) in [5.41, 5.74) is 0.778. The number of carboxylic acids is 1. The average Bonchev–Trinajstić information content (AvgIpc) is 2.34. The molecule has 1 heterocycles. The Bertz CT molecular complexity index is 604. The summed E-state index contributed by atoms with van der Waals surface area (Å²) in [4.78, 5) is 15.8. The number of rotatable bonds is 4. The lowest BCUT2D eigenvalue weighted by atomic mass is 10.2. The van der Waals surface area contributed by atoms with Crippen molar-refractivity contribution in [2.45, 2.75) is 16.3 Å². The molecular weight excluding hydrogens is 350 g/mol. The van der Waals surface area contributed by atoms with E-state index in [9.17, 15) is 4.79 Å². The topological polar surface area (TPSA) is 50.2 Å². The van der Waals surface area contributed by atoms with Gasteiger partial charge in [0, 0.05) is 11.1 Å². The summed E-state index contributed by atoms with van der Waals surface area (Å²) in [5.74, 6) is -0.831. The fraction of sp³-hybridized carbons (Fsp3) is 0.0769. The molecule has 0 radical (unpaired) electrons. The number of aromatic nitrogens is 1. The van der Waals surface area contributed by atoms with Crippen molar-refractivity contribution < 1.29 is 9.90 Å². The molecule has 1 aromatic carbocycles. The molecule has 0 saturated carbocycles. The Balaban J connectivity index is 2.13. The summed E-state index contributed by atoms with van der Waals surface area (Å²) >= 11 is 10.7. The van der Waals surface area contributed by atoms with Crippen molar-refractivity contribution in [1.82, 2.24) is 4.98 Å². The first-order valence-corrected chi connectivity index (χ1v) is 7.33. The van der Waals surface area contributed by atoms with Gasteiger partial charge >= 0.3 is 5.97 Å². The summed E-state index contributed by atoms with van der Waals surface area (Å²) < 4.78 is 0.833. The molecule has 0 aliphatic rings. The lowest BCUT2D eigenvalue weighted by molar-refractivity contribution is -0.136. The van der Waals surface area contributed by atoms with Crippen molar-refractivity contribution in [3.05, 3.63) is 51.6 Å². The average molecular weight is 359 g/mol. The van der Waals surface area contributed by atoms with Crippen molar-refractivity contribution in [3.63, 3.8) is 0 Å². The molecule has 0 amide bonds. The fourth-order valence-electron chi connectivity index (χ4n) is 1.44. The van der Waals surface area contributed by atoms with Crippen molar-refractivity contribution in [2.75, 3.05) is 0 Å². The number of hydrogen-bond acceptors (Lipinski definition) is 3. The van der Waals surface area contributed by atoms with E-state index in [-0.39, 0.29) is 6.42 Å². The SMILES string of the molecule is O=C(O)Cc1ccc(Sc2ncc(Cl)cc2Br)cc1. The van der Waals surface area contributed by atoms with Crippen LogP contribution in [-0.2, 0) is 11.2 Å². The van der Waals surface area contributed by atoms with Crippen LogP contribution in [0.4, 0.5) is 0 Å². The minimum atomic E-state index is -0.831. The van der Waals surface area contributed by atoms with Crippen LogP contribution in [0.2, 0.25) is 5.02 Å². The predicted octanol–water partition coefficient (Wildman–Crippen LogP) is 4.28. The molecule has 0 bridgehead atoms. The van der Waals surface area contributed by atoms with Gasteiger partial charge in [-0.3, -0.25) is 4.79 Å². The van der Waals surface area contributed by atoms with Gasteiger partial charge in [0.1, 0.15) is 5.03 Å². The number of pyridine rings is 1. The highest BCUT2D eigenvalue weighted by Crippen LogP contribution is 2.33. The Morgan fingerprint density at radius 1 is 1.37 bits per heavy atom. The number of aliphatic carboxylic acids is 1. The maximum Gasteiger partial charge on any atom is 0.307 e. The number of halogens is 2. The van der Waals surface area contributed by atoms with Crippen LogP contribution in [0.5, 0.6) is 0 Å². The van der Waals surface area contributed by atoms with E-state index in [2.05, 4.69) is 20.9 Å². The molecule has 3 nitrogen and oxygen atoms in total. The number of benzene rings is 1. The van der Waals surface area contributed by atoms with Crippen LogP contribution >= 0.6 is 39.3 Å². The second-order valence-electron chi connectivity index (χ2n) is 3.76. The summed E-state index contributed by atoms with van der Waals surface area (Å²) in [6, 6.07) is 9.16. The quantitative estimate of drug-likeness (QED) is 0.886. The summed E-state index contributed by atoms with van der Waals surface area (Å²) in [7, 11) is 0. The van der Waals surface area contributed by atoms with Crippen LogP contribution in [0, 0.1) is 0 Å². The van der Waals surface area contributed by atoms with E-state index in [1.807, 2.05) is 12.1 Å². The molecule has 0 aliphatic heterocycles. The van der Waals surface area contributed by atoms with Gasteiger partial charge in [-0.15, -0.1) is 0 Å². The highest BCUT2D eigenvalue weighted by atomic mass is 79.9. The van der Waals surface area contributed by atoms with Crippen molar-refractivity contribution in [1.29, 1.82) is 0 Å². The third-order valence-electron chi connectivity index (χ3n) is 2.27. The molecule has 0 unspecified atom stereocenters. The molecule has 2 rings (SSSR count). The van der Waals surface area contributed by atoms with E-state index in [4.69, 9.17) is 16.7 Å². The highest BCUT2D eigenvalue weighted by Gasteiger charge is 2.06. The third kappa shape index (κ3) is 4.23. The van der Waals surface area contributed by atoms with E-state index in [0.29, 0.717) is 5.02 Å². The Kier molecular flexibility index (Phi) is 4.85. The minimum Gasteiger partial charge on any atom is -0.481 e. The van der Waals surface area contributed by atoms with Crippen LogP contribution in [0.1, 0.15) is 5.56 Å². The first-order valence-electron chi connectivity index (χ1n) is 5.34. The zero-order valence-electron chi connectivity index (χ0n) is 9.64. The minimum absolute atomic E-state index is 0.0356. The molecule has 0 saturated heterocycles. The zero-order valence-corrected chi connectivity index (χ0v) is 12.8. The summed E-state index contributed by atoms with van der Waals surface area (Å²) in [5, 5.41) is 10.1. The first kappa shape index (κ1) is 14.4. The maximum atomic E-state index is 10.6. The van der Waals surface area contributed by atoms with Crippen LogP contribution in [0.3, 0.4) is 0 Å². The monoisotopic (exact) mass is 357 g/mol. The molecule has 98 valence electrons. The van der Waals surface area contributed by atoms with E-state index >= 15 is 0 Å². The second kappa shape index (κ2) is 6.41. The number of hydrogen-bond donors (Lipinski definition) is 1. The van der Waals surface area contributed by atoms with Crippen molar-refractivity contribution in [2.24, 2.45) is 0 Å². The lowest BCUT2D eigenvalue weighted by Crippen LogP contribution is -1.99. The smallest absolute Gasteiger partial charge is 0.307 e. The molecule has 1 aromatic heterocycles. The highest BCUT2D eigenvalue weighted by molar-refractivity contribution is 9.10. The Labute approximate surface area is 128 Å². The van der Waals surface area contributed by atoms with Crippen LogP contribution < -0.4 is 0 Å². The zero-order chi connectivity index (χ0) is 13.8. The maximum absolute atomic E-state index is 10.6. The van der Waals surface area contributed by atoms with Gasteiger partial charge in [-0.05, 0) is 39.7 Å². The third-order valence-corrected chi connectivity index (χ3v) is 4.37. The molecule has 1 N–H and O–H groups in total. The van der Waals surface area contributed by atoms with E-state index in [1.165, 1.54) is 11.8 Å². The standard InChI is InChI=1S/C13H9BrClNO2S/c14-11-6-9(15)7-16-13(11)19-10-3-1-8(2-4-10)5-12(17)18/h1-4,6-7H,5H2,(H,17,18). The largest absolute Gasteiger partial charge is 0.481 e. The van der Waals surface area contributed by atoms with Gasteiger partial charge in [0.2, 0.25) is 0 Å². The van der Waals surface area contributed by atoms with Gasteiger partial charge in [-0.2, -0.15) is 0 Å².